The molecule has 0 amide bonds. The van der Waals surface area contributed by atoms with Crippen LogP contribution in [0.1, 0.15) is 28.7 Å². The number of hydrogen-bond acceptors (Lipinski definition) is 4. The standard InChI is InChI=1S/C22H22N2O2/c1-15-7-8-20-19(11-21(25)26-22(20)16(15)2)14-24-10-4-6-18(13-24)17-5-3-9-23-12-17/h3,5-9,11-12H,4,10,13-14H2,1-2H3. The lowest BCUT2D eigenvalue weighted by atomic mass is 10.0. The molecule has 4 rings (SSSR count). The van der Waals surface area contributed by atoms with Crippen molar-refractivity contribution in [3.05, 3.63) is 81.5 Å². The molecular formula is C22H22N2O2. The molecule has 0 spiro atoms. The van der Waals surface area contributed by atoms with Gasteiger partial charge in [-0.3, -0.25) is 9.88 Å². The Morgan fingerprint density at radius 1 is 1.23 bits per heavy atom. The molecule has 0 saturated carbocycles. The lowest BCUT2D eigenvalue weighted by Gasteiger charge is -2.27. The number of fused-ring (bicyclic) bond motifs is 1. The second kappa shape index (κ2) is 6.89. The summed E-state index contributed by atoms with van der Waals surface area (Å²) in [7, 11) is 0. The normalized spacial score (nSPS) is 15.2. The average Bonchev–Trinajstić information content (AvgIpc) is 2.66. The highest BCUT2D eigenvalue weighted by molar-refractivity contribution is 5.84. The van der Waals surface area contributed by atoms with Gasteiger partial charge >= 0.3 is 5.63 Å². The van der Waals surface area contributed by atoms with E-state index in [1.807, 2.05) is 26.1 Å². The first-order valence-electron chi connectivity index (χ1n) is 8.96. The molecule has 0 N–H and O–H groups in total. The minimum Gasteiger partial charge on any atom is -0.422 e. The molecular weight excluding hydrogens is 324 g/mol. The second-order valence-corrected chi connectivity index (χ2v) is 6.95. The molecule has 0 bridgehead atoms. The fraction of sp³-hybridized carbons (Fsp3) is 0.273. The highest BCUT2D eigenvalue weighted by Gasteiger charge is 2.17. The summed E-state index contributed by atoms with van der Waals surface area (Å²) >= 11 is 0. The third kappa shape index (κ3) is 3.20. The maximum Gasteiger partial charge on any atom is 0.336 e. The zero-order chi connectivity index (χ0) is 18.1. The van der Waals surface area contributed by atoms with E-state index in [0.29, 0.717) is 5.58 Å². The second-order valence-electron chi connectivity index (χ2n) is 6.95. The molecule has 26 heavy (non-hydrogen) atoms. The zero-order valence-electron chi connectivity index (χ0n) is 15.2. The topological polar surface area (TPSA) is 46.3 Å². The van der Waals surface area contributed by atoms with Crippen molar-refractivity contribution < 1.29 is 4.42 Å². The Hall–Kier alpha value is -2.72. The largest absolute Gasteiger partial charge is 0.422 e. The van der Waals surface area contributed by atoms with Crippen LogP contribution in [-0.2, 0) is 6.54 Å². The van der Waals surface area contributed by atoms with E-state index in [-0.39, 0.29) is 5.63 Å². The van der Waals surface area contributed by atoms with E-state index in [1.165, 1.54) is 11.1 Å². The summed E-state index contributed by atoms with van der Waals surface area (Å²) < 4.78 is 5.50. The van der Waals surface area contributed by atoms with Crippen LogP contribution in [0, 0.1) is 13.8 Å². The first-order valence-corrected chi connectivity index (χ1v) is 8.96. The third-order valence-corrected chi connectivity index (χ3v) is 5.17. The smallest absolute Gasteiger partial charge is 0.336 e. The van der Waals surface area contributed by atoms with Crippen LogP contribution in [0.4, 0.5) is 0 Å². The van der Waals surface area contributed by atoms with Gasteiger partial charge in [-0.2, -0.15) is 0 Å². The summed E-state index contributed by atoms with van der Waals surface area (Å²) in [4.78, 5) is 18.7. The summed E-state index contributed by atoms with van der Waals surface area (Å²) in [6.07, 6.45) is 7.00. The van der Waals surface area contributed by atoms with Crippen molar-refractivity contribution >= 4 is 16.5 Å². The number of aryl methyl sites for hydroxylation is 2. The highest BCUT2D eigenvalue weighted by atomic mass is 16.4. The van der Waals surface area contributed by atoms with Gasteiger partial charge in [-0.05, 0) is 54.2 Å². The van der Waals surface area contributed by atoms with Crippen molar-refractivity contribution in [1.82, 2.24) is 9.88 Å². The molecule has 0 aliphatic carbocycles. The van der Waals surface area contributed by atoms with E-state index in [9.17, 15) is 4.79 Å². The summed E-state index contributed by atoms with van der Waals surface area (Å²) in [6.45, 7) is 6.63. The Morgan fingerprint density at radius 2 is 2.12 bits per heavy atom. The minimum absolute atomic E-state index is 0.277. The summed E-state index contributed by atoms with van der Waals surface area (Å²) in [5.74, 6) is 0. The van der Waals surface area contributed by atoms with Crippen LogP contribution >= 0.6 is 0 Å². The van der Waals surface area contributed by atoms with Gasteiger partial charge in [-0.25, -0.2) is 4.79 Å². The lowest BCUT2D eigenvalue weighted by molar-refractivity contribution is 0.297. The molecule has 1 aromatic carbocycles. The van der Waals surface area contributed by atoms with Crippen LogP contribution < -0.4 is 5.63 Å². The van der Waals surface area contributed by atoms with E-state index in [1.54, 1.807) is 12.3 Å². The summed E-state index contributed by atoms with van der Waals surface area (Å²) in [5, 5.41) is 1.03. The molecule has 2 aromatic heterocycles. The van der Waals surface area contributed by atoms with Crippen molar-refractivity contribution in [2.75, 3.05) is 13.1 Å². The predicted molar refractivity (Wildman–Crippen MR) is 104 cm³/mol. The van der Waals surface area contributed by atoms with Crippen LogP contribution in [0.5, 0.6) is 0 Å². The van der Waals surface area contributed by atoms with Crippen LogP contribution in [0.25, 0.3) is 16.5 Å². The molecule has 0 radical (unpaired) electrons. The van der Waals surface area contributed by atoms with Crippen LogP contribution in [-0.4, -0.2) is 23.0 Å². The number of benzene rings is 1. The molecule has 3 aromatic rings. The number of pyridine rings is 1. The summed E-state index contributed by atoms with van der Waals surface area (Å²) in [6, 6.07) is 9.87. The van der Waals surface area contributed by atoms with Gasteiger partial charge in [-0.15, -0.1) is 0 Å². The molecule has 0 saturated heterocycles. The maximum atomic E-state index is 12.1. The van der Waals surface area contributed by atoms with Gasteiger partial charge in [-0.1, -0.05) is 24.3 Å². The Balaban J connectivity index is 1.65. The van der Waals surface area contributed by atoms with Crippen molar-refractivity contribution in [3.63, 3.8) is 0 Å². The molecule has 0 unspecified atom stereocenters. The fourth-order valence-electron chi connectivity index (χ4n) is 3.60. The molecule has 0 fully saturated rings. The summed E-state index contributed by atoms with van der Waals surface area (Å²) in [5.41, 5.74) is 6.11. The van der Waals surface area contributed by atoms with E-state index in [2.05, 4.69) is 34.2 Å². The Labute approximate surface area is 152 Å². The van der Waals surface area contributed by atoms with E-state index in [4.69, 9.17) is 4.42 Å². The van der Waals surface area contributed by atoms with E-state index in [0.717, 1.165) is 48.1 Å². The first kappa shape index (κ1) is 16.7. The van der Waals surface area contributed by atoms with Gasteiger partial charge in [0.25, 0.3) is 0 Å². The first-order chi connectivity index (χ1) is 12.6. The predicted octanol–water partition coefficient (Wildman–Crippen LogP) is 4.09. The van der Waals surface area contributed by atoms with Crippen molar-refractivity contribution in [2.45, 2.75) is 26.8 Å². The molecule has 4 nitrogen and oxygen atoms in total. The van der Waals surface area contributed by atoms with Gasteiger partial charge in [0.05, 0.1) is 0 Å². The van der Waals surface area contributed by atoms with Crippen LogP contribution in [0.15, 0.2) is 58.0 Å². The number of aromatic nitrogens is 1. The van der Waals surface area contributed by atoms with Crippen molar-refractivity contribution in [1.29, 1.82) is 0 Å². The monoisotopic (exact) mass is 346 g/mol. The van der Waals surface area contributed by atoms with Crippen molar-refractivity contribution in [3.8, 4) is 0 Å². The zero-order valence-corrected chi connectivity index (χ0v) is 15.2. The Bertz CT molecular complexity index is 1040. The van der Waals surface area contributed by atoms with Gasteiger partial charge < -0.3 is 4.42 Å². The molecule has 1 aliphatic heterocycles. The van der Waals surface area contributed by atoms with Gasteiger partial charge in [0.15, 0.2) is 0 Å². The Morgan fingerprint density at radius 3 is 2.92 bits per heavy atom. The van der Waals surface area contributed by atoms with Gasteiger partial charge in [0, 0.05) is 43.5 Å². The molecule has 1 aliphatic rings. The Kier molecular flexibility index (Phi) is 4.43. The maximum absolute atomic E-state index is 12.1. The quantitative estimate of drug-likeness (QED) is 0.670. The lowest BCUT2D eigenvalue weighted by Crippen LogP contribution is -2.29. The molecule has 4 heteroatoms. The highest BCUT2D eigenvalue weighted by Crippen LogP contribution is 2.26. The van der Waals surface area contributed by atoms with E-state index < -0.39 is 0 Å². The third-order valence-electron chi connectivity index (χ3n) is 5.17. The number of hydrogen-bond donors (Lipinski definition) is 0. The molecule has 0 atom stereocenters. The molecule has 3 heterocycles. The van der Waals surface area contributed by atoms with E-state index >= 15 is 0 Å². The van der Waals surface area contributed by atoms with Crippen LogP contribution in [0.2, 0.25) is 0 Å². The fourth-order valence-corrected chi connectivity index (χ4v) is 3.60. The van der Waals surface area contributed by atoms with Crippen LogP contribution in [0.3, 0.4) is 0 Å². The molecule has 132 valence electrons. The number of rotatable bonds is 3. The minimum atomic E-state index is -0.277. The SMILES string of the molecule is Cc1ccc2c(CN3CCC=C(c4cccnc4)C3)cc(=O)oc2c1C. The van der Waals surface area contributed by atoms with Crippen molar-refractivity contribution in [2.24, 2.45) is 0 Å². The van der Waals surface area contributed by atoms with Gasteiger partial charge in [0.2, 0.25) is 0 Å². The van der Waals surface area contributed by atoms with Gasteiger partial charge in [0.1, 0.15) is 5.58 Å². The number of nitrogens with zero attached hydrogens (tertiary/aromatic N) is 2. The average molecular weight is 346 g/mol.